The van der Waals surface area contributed by atoms with Gasteiger partial charge in [0.2, 0.25) is 0 Å². The number of phenols is 1. The number of hydrogen-bond acceptors (Lipinski definition) is 3. The SMILES string of the molecule is Cc1c(-c2ccc(O)cc2)n(Cc2ccc(OCCN3CCCCC3)cc2)c2ccc(F)cc12.Cl. The highest BCUT2D eigenvalue weighted by Gasteiger charge is 2.17. The molecule has 184 valence electrons. The maximum Gasteiger partial charge on any atom is 0.123 e. The van der Waals surface area contributed by atoms with E-state index < -0.39 is 0 Å². The van der Waals surface area contributed by atoms with Crippen LogP contribution in [0, 0.1) is 12.7 Å². The number of aryl methyl sites for hydroxylation is 1. The second kappa shape index (κ2) is 11.1. The number of aromatic hydroxyl groups is 1. The van der Waals surface area contributed by atoms with E-state index in [1.54, 1.807) is 18.2 Å². The molecule has 1 saturated heterocycles. The Morgan fingerprint density at radius 1 is 0.914 bits per heavy atom. The van der Waals surface area contributed by atoms with E-state index in [9.17, 15) is 9.50 Å². The molecule has 4 nitrogen and oxygen atoms in total. The number of rotatable bonds is 7. The smallest absolute Gasteiger partial charge is 0.123 e. The van der Waals surface area contributed by atoms with E-state index in [0.29, 0.717) is 13.2 Å². The molecule has 1 aromatic heterocycles. The highest BCUT2D eigenvalue weighted by molar-refractivity contribution is 5.91. The number of halogens is 2. The first-order valence-electron chi connectivity index (χ1n) is 12.1. The van der Waals surface area contributed by atoms with Gasteiger partial charge in [-0.2, -0.15) is 0 Å². The van der Waals surface area contributed by atoms with Crippen molar-refractivity contribution in [2.75, 3.05) is 26.2 Å². The van der Waals surface area contributed by atoms with Crippen LogP contribution in [-0.2, 0) is 6.54 Å². The fraction of sp³-hybridized carbons (Fsp3) is 0.310. The van der Waals surface area contributed by atoms with Crippen molar-refractivity contribution in [3.8, 4) is 22.8 Å². The summed E-state index contributed by atoms with van der Waals surface area (Å²) >= 11 is 0. The summed E-state index contributed by atoms with van der Waals surface area (Å²) < 4.78 is 22.3. The number of ether oxygens (including phenoxy) is 1. The lowest BCUT2D eigenvalue weighted by Gasteiger charge is -2.26. The van der Waals surface area contributed by atoms with Crippen LogP contribution in [0.1, 0.15) is 30.4 Å². The van der Waals surface area contributed by atoms with E-state index >= 15 is 0 Å². The maximum atomic E-state index is 14.0. The zero-order valence-electron chi connectivity index (χ0n) is 20.0. The number of likely N-dealkylation sites (tertiary alicyclic amines) is 1. The highest BCUT2D eigenvalue weighted by atomic mass is 35.5. The molecule has 0 bridgehead atoms. The van der Waals surface area contributed by atoms with Gasteiger partial charge < -0.3 is 14.4 Å². The Morgan fingerprint density at radius 3 is 2.34 bits per heavy atom. The van der Waals surface area contributed by atoms with Gasteiger partial charge in [-0.15, -0.1) is 12.4 Å². The summed E-state index contributed by atoms with van der Waals surface area (Å²) in [6.07, 6.45) is 3.93. The Bertz CT molecular complexity index is 1260. The van der Waals surface area contributed by atoms with Gasteiger partial charge in [0, 0.05) is 24.0 Å². The summed E-state index contributed by atoms with van der Waals surface area (Å²) in [5, 5.41) is 10.6. The number of hydrogen-bond donors (Lipinski definition) is 1. The number of phenolic OH excluding ortho intramolecular Hbond substituents is 1. The molecule has 3 aromatic carbocycles. The molecule has 0 unspecified atom stereocenters. The fourth-order valence-electron chi connectivity index (χ4n) is 5.00. The summed E-state index contributed by atoms with van der Waals surface area (Å²) in [7, 11) is 0. The molecule has 1 N–H and O–H groups in total. The Morgan fingerprint density at radius 2 is 1.63 bits per heavy atom. The Labute approximate surface area is 212 Å². The van der Waals surface area contributed by atoms with Crippen LogP contribution in [0.2, 0.25) is 0 Å². The second-order valence-electron chi connectivity index (χ2n) is 9.16. The van der Waals surface area contributed by atoms with Crippen LogP contribution in [0.4, 0.5) is 4.39 Å². The van der Waals surface area contributed by atoms with E-state index in [-0.39, 0.29) is 24.0 Å². The van der Waals surface area contributed by atoms with Crippen molar-refractivity contribution >= 4 is 23.3 Å². The van der Waals surface area contributed by atoms with Crippen molar-refractivity contribution in [2.45, 2.75) is 32.7 Å². The molecule has 0 saturated carbocycles. The van der Waals surface area contributed by atoms with Gasteiger partial charge >= 0.3 is 0 Å². The molecule has 4 aromatic rings. The molecule has 2 heterocycles. The maximum absolute atomic E-state index is 14.0. The first kappa shape index (κ1) is 25.1. The first-order valence-corrected chi connectivity index (χ1v) is 12.1. The molecule has 0 aliphatic carbocycles. The van der Waals surface area contributed by atoms with Crippen LogP contribution in [0.15, 0.2) is 66.7 Å². The van der Waals surface area contributed by atoms with Gasteiger partial charge in [0.05, 0.1) is 5.69 Å². The van der Waals surface area contributed by atoms with Gasteiger partial charge in [-0.05, 0) is 104 Å². The van der Waals surface area contributed by atoms with E-state index in [2.05, 4.69) is 21.6 Å². The largest absolute Gasteiger partial charge is 0.508 e. The predicted molar refractivity (Wildman–Crippen MR) is 142 cm³/mol. The lowest BCUT2D eigenvalue weighted by molar-refractivity contribution is 0.183. The minimum Gasteiger partial charge on any atom is -0.508 e. The molecule has 0 radical (unpaired) electrons. The third kappa shape index (κ3) is 5.63. The molecule has 5 rings (SSSR count). The predicted octanol–water partition coefficient (Wildman–Crippen LogP) is 6.80. The molecule has 0 atom stereocenters. The Hall–Kier alpha value is -3.02. The topological polar surface area (TPSA) is 37.6 Å². The summed E-state index contributed by atoms with van der Waals surface area (Å²) in [5.74, 6) is 0.872. The molecule has 1 aliphatic heterocycles. The van der Waals surface area contributed by atoms with E-state index in [1.807, 2.05) is 37.3 Å². The van der Waals surface area contributed by atoms with Gasteiger partial charge in [-0.1, -0.05) is 18.6 Å². The van der Waals surface area contributed by atoms with Gasteiger partial charge in [0.15, 0.2) is 0 Å². The number of fused-ring (bicyclic) bond motifs is 1. The minimum absolute atomic E-state index is 0. The number of benzene rings is 3. The normalized spacial score (nSPS) is 14.1. The standard InChI is InChI=1S/C29H31FN2O2.ClH/c1-21-27-19-24(30)9-14-28(27)32(29(21)23-7-10-25(33)11-8-23)20-22-5-12-26(13-6-22)34-18-17-31-15-3-2-4-16-31;/h5-14,19,33H,2-4,15-18,20H2,1H3;1H. The number of aromatic nitrogens is 1. The van der Waals surface area contributed by atoms with Crippen LogP contribution < -0.4 is 4.74 Å². The molecule has 1 fully saturated rings. The number of piperidine rings is 1. The second-order valence-corrected chi connectivity index (χ2v) is 9.16. The summed E-state index contributed by atoms with van der Waals surface area (Å²) in [5.41, 5.74) is 5.18. The van der Waals surface area contributed by atoms with Crippen molar-refractivity contribution in [1.82, 2.24) is 9.47 Å². The van der Waals surface area contributed by atoms with Gasteiger partial charge in [-0.3, -0.25) is 4.90 Å². The van der Waals surface area contributed by atoms with E-state index in [4.69, 9.17) is 4.74 Å². The Balaban J connectivity index is 0.00000289. The van der Waals surface area contributed by atoms with E-state index in [0.717, 1.165) is 45.6 Å². The van der Waals surface area contributed by atoms with Crippen molar-refractivity contribution in [1.29, 1.82) is 0 Å². The molecular formula is C29H32ClFN2O2. The highest BCUT2D eigenvalue weighted by Crippen LogP contribution is 2.35. The van der Waals surface area contributed by atoms with E-state index in [1.165, 1.54) is 38.4 Å². The van der Waals surface area contributed by atoms with Crippen LogP contribution >= 0.6 is 12.4 Å². The Kier molecular flexibility index (Phi) is 7.99. The zero-order valence-corrected chi connectivity index (χ0v) is 20.9. The molecular weight excluding hydrogens is 463 g/mol. The summed E-state index contributed by atoms with van der Waals surface area (Å²) in [6, 6.07) is 20.4. The summed E-state index contributed by atoms with van der Waals surface area (Å²) in [4.78, 5) is 2.48. The lowest BCUT2D eigenvalue weighted by Crippen LogP contribution is -2.33. The van der Waals surface area contributed by atoms with Gasteiger partial charge in [0.1, 0.15) is 23.9 Å². The van der Waals surface area contributed by atoms with Crippen LogP contribution in [0.25, 0.3) is 22.2 Å². The first-order chi connectivity index (χ1) is 16.6. The molecule has 1 aliphatic rings. The van der Waals surface area contributed by atoms with Crippen molar-refractivity contribution in [3.63, 3.8) is 0 Å². The average Bonchev–Trinajstić information content (AvgIpc) is 3.12. The quantitative estimate of drug-likeness (QED) is 0.307. The molecule has 6 heteroatoms. The van der Waals surface area contributed by atoms with Crippen molar-refractivity contribution in [3.05, 3.63) is 83.7 Å². The van der Waals surface area contributed by atoms with Crippen LogP contribution in [0.3, 0.4) is 0 Å². The van der Waals surface area contributed by atoms with Crippen molar-refractivity contribution < 1.29 is 14.2 Å². The van der Waals surface area contributed by atoms with Crippen LogP contribution in [-0.4, -0.2) is 40.8 Å². The molecule has 0 spiro atoms. The minimum atomic E-state index is -0.240. The van der Waals surface area contributed by atoms with Gasteiger partial charge in [0.25, 0.3) is 0 Å². The fourth-order valence-corrected chi connectivity index (χ4v) is 5.00. The average molecular weight is 495 g/mol. The van der Waals surface area contributed by atoms with Crippen LogP contribution in [0.5, 0.6) is 11.5 Å². The summed E-state index contributed by atoms with van der Waals surface area (Å²) in [6.45, 7) is 6.72. The lowest BCUT2D eigenvalue weighted by atomic mass is 10.1. The molecule has 0 amide bonds. The third-order valence-corrected chi connectivity index (χ3v) is 6.81. The monoisotopic (exact) mass is 494 g/mol. The number of nitrogens with zero attached hydrogens (tertiary/aromatic N) is 2. The zero-order chi connectivity index (χ0) is 23.5. The van der Waals surface area contributed by atoms with Gasteiger partial charge in [-0.25, -0.2) is 4.39 Å². The van der Waals surface area contributed by atoms with Crippen molar-refractivity contribution in [2.24, 2.45) is 0 Å². The molecule has 35 heavy (non-hydrogen) atoms. The third-order valence-electron chi connectivity index (χ3n) is 6.81.